The van der Waals surface area contributed by atoms with E-state index in [0.29, 0.717) is 13.2 Å². The third kappa shape index (κ3) is 4.71. The number of non-ortho nitro benzene ring substituents is 1. The minimum Gasteiger partial charge on any atom is -0.383 e. The number of nitrogens with one attached hydrogen (secondary N) is 1. The molecule has 0 aliphatic carbocycles. The van der Waals surface area contributed by atoms with E-state index in [9.17, 15) is 18.5 Å². The molecule has 1 aliphatic rings. The summed E-state index contributed by atoms with van der Waals surface area (Å²) in [6.07, 6.45) is 1.97. The second-order valence-corrected chi connectivity index (χ2v) is 7.19. The number of rotatable bonds is 8. The number of hydrogen-bond acceptors (Lipinski definition) is 6. The lowest BCUT2D eigenvalue weighted by atomic mass is 10.2. The van der Waals surface area contributed by atoms with Crippen molar-refractivity contribution in [3.63, 3.8) is 0 Å². The van der Waals surface area contributed by atoms with Crippen LogP contribution in [0.4, 0.5) is 5.69 Å². The fourth-order valence-corrected chi connectivity index (χ4v) is 3.74. The molecular weight excluding hydrogens is 322 g/mol. The van der Waals surface area contributed by atoms with Crippen LogP contribution in [0, 0.1) is 10.1 Å². The Kier molecular flexibility index (Phi) is 6.05. The lowest BCUT2D eigenvalue weighted by Crippen LogP contribution is -2.41. The molecule has 1 fully saturated rings. The average Bonchev–Trinajstić information content (AvgIpc) is 2.98. The maximum absolute atomic E-state index is 12.3. The summed E-state index contributed by atoms with van der Waals surface area (Å²) in [5.41, 5.74) is -0.134. The van der Waals surface area contributed by atoms with Crippen molar-refractivity contribution in [3.8, 4) is 0 Å². The number of benzene rings is 1. The summed E-state index contributed by atoms with van der Waals surface area (Å²) in [6, 6.07) is 5.03. The Bertz CT molecular complexity index is 632. The first-order chi connectivity index (χ1) is 10.9. The van der Waals surface area contributed by atoms with Gasteiger partial charge in [0.15, 0.2) is 0 Å². The Morgan fingerprint density at radius 1 is 1.39 bits per heavy atom. The molecule has 9 heteroatoms. The Morgan fingerprint density at radius 3 is 2.70 bits per heavy atom. The zero-order valence-corrected chi connectivity index (χ0v) is 13.8. The van der Waals surface area contributed by atoms with Gasteiger partial charge in [-0.2, -0.15) is 0 Å². The third-order valence-electron chi connectivity index (χ3n) is 3.95. The van der Waals surface area contributed by atoms with Crippen molar-refractivity contribution >= 4 is 15.7 Å². The number of sulfonamides is 1. The first-order valence-corrected chi connectivity index (χ1v) is 8.89. The van der Waals surface area contributed by atoms with Crippen molar-refractivity contribution in [2.45, 2.75) is 23.8 Å². The molecule has 2 rings (SSSR count). The fourth-order valence-electron chi connectivity index (χ4n) is 2.67. The van der Waals surface area contributed by atoms with Crippen LogP contribution in [0.5, 0.6) is 0 Å². The van der Waals surface area contributed by atoms with E-state index in [1.54, 1.807) is 7.11 Å². The highest BCUT2D eigenvalue weighted by atomic mass is 32.2. The number of nitrogens with zero attached hydrogens (tertiary/aromatic N) is 2. The van der Waals surface area contributed by atoms with Crippen molar-refractivity contribution in [1.29, 1.82) is 0 Å². The van der Waals surface area contributed by atoms with Crippen LogP contribution in [0.25, 0.3) is 0 Å². The summed E-state index contributed by atoms with van der Waals surface area (Å²) in [5, 5.41) is 10.6. The van der Waals surface area contributed by atoms with Crippen LogP contribution in [0.2, 0.25) is 0 Å². The topological polar surface area (TPSA) is 102 Å². The molecule has 1 aromatic carbocycles. The highest BCUT2D eigenvalue weighted by Crippen LogP contribution is 2.18. The highest BCUT2D eigenvalue weighted by molar-refractivity contribution is 7.89. The van der Waals surface area contributed by atoms with E-state index in [4.69, 9.17) is 4.74 Å². The molecule has 0 aromatic heterocycles. The van der Waals surface area contributed by atoms with Gasteiger partial charge in [-0.25, -0.2) is 13.1 Å². The Labute approximate surface area is 135 Å². The summed E-state index contributed by atoms with van der Waals surface area (Å²) in [6.45, 7) is 2.66. The molecule has 1 atom stereocenters. The molecule has 23 heavy (non-hydrogen) atoms. The van der Waals surface area contributed by atoms with Crippen LogP contribution in [-0.4, -0.2) is 57.6 Å². The van der Waals surface area contributed by atoms with E-state index < -0.39 is 14.9 Å². The Balaban J connectivity index is 1.96. The molecule has 0 amide bonds. The van der Waals surface area contributed by atoms with Crippen molar-refractivity contribution in [2.75, 3.05) is 33.4 Å². The second kappa shape index (κ2) is 7.82. The molecule has 128 valence electrons. The van der Waals surface area contributed by atoms with Crippen molar-refractivity contribution < 1.29 is 18.1 Å². The van der Waals surface area contributed by atoms with Crippen molar-refractivity contribution in [2.24, 2.45) is 0 Å². The van der Waals surface area contributed by atoms with Crippen molar-refractivity contribution in [1.82, 2.24) is 9.62 Å². The minimum absolute atomic E-state index is 0.0320. The van der Waals surface area contributed by atoms with Crippen LogP contribution in [0.1, 0.15) is 12.8 Å². The molecule has 1 saturated heterocycles. The van der Waals surface area contributed by atoms with E-state index in [1.807, 2.05) is 0 Å². The first kappa shape index (κ1) is 17.8. The normalized spacial score (nSPS) is 19.1. The third-order valence-corrected chi connectivity index (χ3v) is 5.39. The molecule has 0 radical (unpaired) electrons. The molecule has 0 spiro atoms. The average molecular weight is 343 g/mol. The van der Waals surface area contributed by atoms with Crippen LogP contribution < -0.4 is 4.72 Å². The molecule has 0 saturated carbocycles. The van der Waals surface area contributed by atoms with Gasteiger partial charge in [0.1, 0.15) is 0 Å². The molecule has 1 aliphatic heterocycles. The summed E-state index contributed by atoms with van der Waals surface area (Å²) in [7, 11) is -2.02. The quantitative estimate of drug-likeness (QED) is 0.558. The number of nitro benzene ring substituents is 1. The van der Waals surface area contributed by atoms with E-state index in [0.717, 1.165) is 25.9 Å². The van der Waals surface area contributed by atoms with Gasteiger partial charge in [-0.15, -0.1) is 0 Å². The Morgan fingerprint density at radius 2 is 2.09 bits per heavy atom. The summed E-state index contributed by atoms with van der Waals surface area (Å²) in [5.74, 6) is 0. The summed E-state index contributed by atoms with van der Waals surface area (Å²) >= 11 is 0. The lowest BCUT2D eigenvalue weighted by molar-refractivity contribution is -0.384. The van der Waals surface area contributed by atoms with Gasteiger partial charge in [-0.05, 0) is 31.5 Å². The van der Waals surface area contributed by atoms with Gasteiger partial charge in [-0.3, -0.25) is 15.0 Å². The maximum Gasteiger partial charge on any atom is 0.269 e. The van der Waals surface area contributed by atoms with Crippen LogP contribution in [-0.2, 0) is 14.8 Å². The van der Waals surface area contributed by atoms with Gasteiger partial charge in [-0.1, -0.05) is 0 Å². The number of methoxy groups -OCH3 is 1. The van der Waals surface area contributed by atoms with Crippen LogP contribution >= 0.6 is 0 Å². The predicted molar refractivity (Wildman–Crippen MR) is 84.8 cm³/mol. The highest BCUT2D eigenvalue weighted by Gasteiger charge is 2.26. The van der Waals surface area contributed by atoms with Gasteiger partial charge in [0.05, 0.1) is 16.4 Å². The molecule has 0 unspecified atom stereocenters. The number of ether oxygens (including phenoxy) is 1. The largest absolute Gasteiger partial charge is 0.383 e. The smallest absolute Gasteiger partial charge is 0.269 e. The lowest BCUT2D eigenvalue weighted by Gasteiger charge is -2.24. The fraction of sp³-hybridized carbons (Fsp3) is 0.571. The van der Waals surface area contributed by atoms with Gasteiger partial charge in [0.2, 0.25) is 10.0 Å². The van der Waals surface area contributed by atoms with Crippen LogP contribution in [0.3, 0.4) is 0 Å². The number of hydrogen-bond donors (Lipinski definition) is 1. The summed E-state index contributed by atoms with van der Waals surface area (Å²) < 4.78 is 32.2. The minimum atomic E-state index is -3.66. The number of likely N-dealkylation sites (tertiary alicyclic amines) is 1. The first-order valence-electron chi connectivity index (χ1n) is 7.41. The van der Waals surface area contributed by atoms with Crippen molar-refractivity contribution in [3.05, 3.63) is 34.4 Å². The molecule has 1 heterocycles. The van der Waals surface area contributed by atoms with Gasteiger partial charge < -0.3 is 4.74 Å². The molecule has 1 N–H and O–H groups in total. The molecule has 8 nitrogen and oxygen atoms in total. The van der Waals surface area contributed by atoms with E-state index >= 15 is 0 Å². The van der Waals surface area contributed by atoms with E-state index in [2.05, 4.69) is 9.62 Å². The zero-order valence-electron chi connectivity index (χ0n) is 13.0. The number of nitro groups is 1. The maximum atomic E-state index is 12.3. The van der Waals surface area contributed by atoms with Gasteiger partial charge in [0, 0.05) is 38.4 Å². The van der Waals surface area contributed by atoms with E-state index in [1.165, 1.54) is 24.3 Å². The van der Waals surface area contributed by atoms with E-state index in [-0.39, 0.29) is 16.6 Å². The molecular formula is C14H21N3O5S. The second-order valence-electron chi connectivity index (χ2n) is 5.43. The molecule has 0 bridgehead atoms. The van der Waals surface area contributed by atoms with Gasteiger partial charge >= 0.3 is 0 Å². The monoisotopic (exact) mass is 343 g/mol. The molecule has 1 aromatic rings. The zero-order chi connectivity index (χ0) is 16.9. The Hall–Kier alpha value is -1.55. The standard InChI is InChI=1S/C14H21N3O5S/c1-22-10-9-16-8-2-3-13(16)11-15-23(20,21)14-6-4-12(5-7-14)17(18)19/h4-7,13,15H,2-3,8-11H2,1H3/t13-/m0/s1. The van der Waals surface area contributed by atoms with Crippen LogP contribution in [0.15, 0.2) is 29.2 Å². The SMILES string of the molecule is COCCN1CCC[C@H]1CNS(=O)(=O)c1ccc([N+](=O)[O-])cc1. The predicted octanol–water partition coefficient (Wildman–Crippen LogP) is 0.984. The van der Waals surface area contributed by atoms with Gasteiger partial charge in [0.25, 0.3) is 5.69 Å². The summed E-state index contributed by atoms with van der Waals surface area (Å²) in [4.78, 5) is 12.3.